The molecule has 1 saturated heterocycles. The van der Waals surface area contributed by atoms with Gasteiger partial charge in [0.25, 0.3) is 0 Å². The minimum atomic E-state index is -0.483. The van der Waals surface area contributed by atoms with Crippen molar-refractivity contribution in [3.05, 3.63) is 12.7 Å². The SMILES string of the molecule is C=CC1(C)CC(O)C2C(C)(CCC3C(C)(C)CCC(O)C32C)O1. The molecule has 1 heterocycles. The number of fused-ring (bicyclic) bond motifs is 3. The molecule has 2 N–H and O–H groups in total. The maximum Gasteiger partial charge on any atom is 0.0864 e. The Morgan fingerprint density at radius 3 is 2.30 bits per heavy atom. The molecule has 0 bridgehead atoms. The van der Waals surface area contributed by atoms with E-state index in [2.05, 4.69) is 34.3 Å². The van der Waals surface area contributed by atoms with Gasteiger partial charge in [0.1, 0.15) is 0 Å². The molecule has 3 heteroatoms. The number of ether oxygens (including phenoxy) is 1. The average molecular weight is 322 g/mol. The lowest BCUT2D eigenvalue weighted by atomic mass is 9.43. The van der Waals surface area contributed by atoms with Gasteiger partial charge in [-0.3, -0.25) is 0 Å². The van der Waals surface area contributed by atoms with Crippen LogP contribution in [0.5, 0.6) is 0 Å². The van der Waals surface area contributed by atoms with Crippen molar-refractivity contribution in [3.8, 4) is 0 Å². The fourth-order valence-corrected chi connectivity index (χ4v) is 6.61. The minimum absolute atomic E-state index is 0.0312. The summed E-state index contributed by atoms with van der Waals surface area (Å²) in [6.07, 6.45) is 5.42. The Morgan fingerprint density at radius 1 is 1.04 bits per heavy atom. The Morgan fingerprint density at radius 2 is 1.70 bits per heavy atom. The number of rotatable bonds is 1. The molecule has 2 aliphatic carbocycles. The first kappa shape index (κ1) is 17.4. The predicted octanol–water partition coefficient (Wildman–Crippen LogP) is 3.68. The van der Waals surface area contributed by atoms with Crippen molar-refractivity contribution in [1.29, 1.82) is 0 Å². The van der Waals surface area contributed by atoms with Crippen LogP contribution in [0, 0.1) is 22.7 Å². The molecule has 7 atom stereocenters. The van der Waals surface area contributed by atoms with E-state index in [9.17, 15) is 10.2 Å². The second kappa shape index (κ2) is 5.06. The highest BCUT2D eigenvalue weighted by molar-refractivity contribution is 5.17. The summed E-state index contributed by atoms with van der Waals surface area (Å²) in [5, 5.41) is 22.1. The van der Waals surface area contributed by atoms with E-state index in [4.69, 9.17) is 4.74 Å². The second-order valence-electron chi connectivity index (χ2n) is 9.68. The summed E-state index contributed by atoms with van der Waals surface area (Å²) in [7, 11) is 0. The molecule has 3 nitrogen and oxygen atoms in total. The van der Waals surface area contributed by atoms with Crippen molar-refractivity contribution >= 4 is 0 Å². The van der Waals surface area contributed by atoms with Gasteiger partial charge in [0, 0.05) is 17.8 Å². The monoisotopic (exact) mass is 322 g/mol. The molecule has 7 unspecified atom stereocenters. The topological polar surface area (TPSA) is 49.7 Å². The highest BCUT2D eigenvalue weighted by Crippen LogP contribution is 2.65. The van der Waals surface area contributed by atoms with E-state index in [-0.39, 0.29) is 22.9 Å². The lowest BCUT2D eigenvalue weighted by Crippen LogP contribution is -2.69. The molecule has 3 fully saturated rings. The van der Waals surface area contributed by atoms with Crippen molar-refractivity contribution < 1.29 is 14.9 Å². The number of hydrogen-bond acceptors (Lipinski definition) is 3. The zero-order valence-corrected chi connectivity index (χ0v) is 15.4. The first-order chi connectivity index (χ1) is 10.5. The zero-order chi connectivity index (χ0) is 17.3. The quantitative estimate of drug-likeness (QED) is 0.724. The normalized spacial score (nSPS) is 55.6. The molecule has 0 spiro atoms. The maximum atomic E-state index is 11.1. The lowest BCUT2D eigenvalue weighted by Gasteiger charge is -2.67. The van der Waals surface area contributed by atoms with Crippen LogP contribution >= 0.6 is 0 Å². The second-order valence-corrected chi connectivity index (χ2v) is 9.68. The van der Waals surface area contributed by atoms with Crippen molar-refractivity contribution in [2.24, 2.45) is 22.7 Å². The summed E-state index contributed by atoms with van der Waals surface area (Å²) in [6.45, 7) is 14.9. The van der Waals surface area contributed by atoms with Crippen LogP contribution in [0.25, 0.3) is 0 Å². The van der Waals surface area contributed by atoms with Crippen molar-refractivity contribution in [2.75, 3.05) is 0 Å². The van der Waals surface area contributed by atoms with Gasteiger partial charge in [0.2, 0.25) is 0 Å². The average Bonchev–Trinajstić information content (AvgIpc) is 2.41. The van der Waals surface area contributed by atoms with Crippen molar-refractivity contribution in [1.82, 2.24) is 0 Å². The first-order valence-corrected chi connectivity index (χ1v) is 9.18. The molecule has 0 radical (unpaired) electrons. The summed E-state index contributed by atoms with van der Waals surface area (Å²) in [5.74, 6) is 0.388. The summed E-state index contributed by atoms with van der Waals surface area (Å²) < 4.78 is 6.53. The number of aliphatic hydroxyl groups excluding tert-OH is 2. The van der Waals surface area contributed by atoms with Crippen LogP contribution in [0.15, 0.2) is 12.7 Å². The molecule has 1 aliphatic heterocycles. The van der Waals surface area contributed by atoms with Gasteiger partial charge in [-0.2, -0.15) is 0 Å². The van der Waals surface area contributed by atoms with Gasteiger partial charge in [0.15, 0.2) is 0 Å². The van der Waals surface area contributed by atoms with E-state index in [1.54, 1.807) is 0 Å². The third-order valence-corrected chi connectivity index (χ3v) is 7.63. The van der Waals surface area contributed by atoms with E-state index in [1.807, 2.05) is 13.0 Å². The molecule has 23 heavy (non-hydrogen) atoms. The van der Waals surface area contributed by atoms with Crippen molar-refractivity contribution in [3.63, 3.8) is 0 Å². The predicted molar refractivity (Wildman–Crippen MR) is 92.1 cm³/mol. The van der Waals surface area contributed by atoms with Crippen LogP contribution < -0.4 is 0 Å². The summed E-state index contributed by atoms with van der Waals surface area (Å²) >= 11 is 0. The van der Waals surface area contributed by atoms with Crippen LogP contribution in [0.2, 0.25) is 0 Å². The van der Waals surface area contributed by atoms with E-state index < -0.39 is 17.3 Å². The summed E-state index contributed by atoms with van der Waals surface area (Å²) in [4.78, 5) is 0. The van der Waals surface area contributed by atoms with Gasteiger partial charge >= 0.3 is 0 Å². The largest absolute Gasteiger partial charge is 0.393 e. The Balaban J connectivity index is 2.06. The van der Waals surface area contributed by atoms with Gasteiger partial charge in [-0.15, -0.1) is 6.58 Å². The highest BCUT2D eigenvalue weighted by Gasteiger charge is 2.66. The molecule has 0 aromatic rings. The molecule has 2 saturated carbocycles. The molecule has 3 rings (SSSR count). The zero-order valence-electron chi connectivity index (χ0n) is 15.4. The Labute approximate surface area is 141 Å². The van der Waals surface area contributed by atoms with E-state index in [0.717, 1.165) is 25.7 Å². The van der Waals surface area contributed by atoms with Crippen LogP contribution in [0.1, 0.15) is 66.7 Å². The number of aliphatic hydroxyl groups is 2. The van der Waals surface area contributed by atoms with E-state index in [0.29, 0.717) is 12.3 Å². The highest BCUT2D eigenvalue weighted by atomic mass is 16.5. The third kappa shape index (κ3) is 2.34. The molecule has 0 aromatic heterocycles. The van der Waals surface area contributed by atoms with Crippen LogP contribution in [-0.4, -0.2) is 33.6 Å². The van der Waals surface area contributed by atoms with E-state index in [1.165, 1.54) is 0 Å². The van der Waals surface area contributed by atoms with Crippen LogP contribution in [0.3, 0.4) is 0 Å². The number of hydrogen-bond donors (Lipinski definition) is 2. The van der Waals surface area contributed by atoms with Gasteiger partial charge in [-0.25, -0.2) is 0 Å². The minimum Gasteiger partial charge on any atom is -0.393 e. The lowest BCUT2D eigenvalue weighted by molar-refractivity contribution is -0.301. The van der Waals surface area contributed by atoms with E-state index >= 15 is 0 Å². The van der Waals surface area contributed by atoms with Gasteiger partial charge in [-0.1, -0.05) is 26.8 Å². The summed E-state index contributed by atoms with van der Waals surface area (Å²) in [6, 6.07) is 0. The smallest absolute Gasteiger partial charge is 0.0864 e. The maximum absolute atomic E-state index is 11.1. The van der Waals surface area contributed by atoms with Crippen LogP contribution in [-0.2, 0) is 4.74 Å². The Bertz CT molecular complexity index is 501. The first-order valence-electron chi connectivity index (χ1n) is 9.18. The Kier molecular flexibility index (Phi) is 3.84. The summed E-state index contributed by atoms with van der Waals surface area (Å²) in [5.41, 5.74) is -0.978. The fourth-order valence-electron chi connectivity index (χ4n) is 6.61. The standard InChI is InChI=1S/C20H34O3/c1-7-18(4)12-13(21)16-19(5,23-18)11-8-14-17(2,3)10-9-15(22)20(14,16)6/h7,13-16,21-22H,1,8-12H2,2-6H3. The van der Waals surface area contributed by atoms with Gasteiger partial charge in [-0.05, 0) is 50.9 Å². The van der Waals surface area contributed by atoms with Gasteiger partial charge < -0.3 is 14.9 Å². The Hall–Kier alpha value is -0.380. The molecule has 0 aromatic carbocycles. The van der Waals surface area contributed by atoms with Crippen molar-refractivity contribution in [2.45, 2.75) is 90.1 Å². The van der Waals surface area contributed by atoms with Gasteiger partial charge in [0.05, 0.1) is 23.4 Å². The molecular formula is C20H34O3. The molecule has 0 amide bonds. The molecule has 3 aliphatic rings. The van der Waals surface area contributed by atoms with Crippen LogP contribution in [0.4, 0.5) is 0 Å². The molecular weight excluding hydrogens is 288 g/mol. The third-order valence-electron chi connectivity index (χ3n) is 7.63. The molecule has 132 valence electrons. The fraction of sp³-hybridized carbons (Fsp3) is 0.900.